The largest absolute Gasteiger partial charge is 0.466 e. The minimum Gasteiger partial charge on any atom is -0.466 e. The smallest absolute Gasteiger partial charge is 0.330 e. The number of anilines is 1. The van der Waals surface area contributed by atoms with E-state index in [1.54, 1.807) is 17.8 Å². The Bertz CT molecular complexity index is 1200. The molecule has 4 nitrogen and oxygen atoms in total. The molecular weight excluding hydrogens is 466 g/mol. The van der Waals surface area contributed by atoms with Crippen LogP contribution in [0.15, 0.2) is 83.8 Å². The van der Waals surface area contributed by atoms with E-state index in [0.29, 0.717) is 6.54 Å². The Hall–Kier alpha value is -3.31. The Morgan fingerprint density at radius 3 is 2.25 bits per heavy atom. The van der Waals surface area contributed by atoms with E-state index in [1.165, 1.54) is 30.1 Å². The maximum atomic E-state index is 13.7. The van der Waals surface area contributed by atoms with Crippen molar-refractivity contribution in [1.29, 1.82) is 0 Å². The van der Waals surface area contributed by atoms with E-state index >= 15 is 0 Å². The summed E-state index contributed by atoms with van der Waals surface area (Å²) in [6.45, 7) is 0.505. The van der Waals surface area contributed by atoms with Crippen molar-refractivity contribution in [2.24, 2.45) is 5.92 Å². The van der Waals surface area contributed by atoms with Crippen molar-refractivity contribution in [3.05, 3.63) is 90.0 Å². The van der Waals surface area contributed by atoms with Gasteiger partial charge in [0.1, 0.15) is 0 Å². The van der Waals surface area contributed by atoms with Gasteiger partial charge in [-0.15, -0.1) is 11.8 Å². The van der Waals surface area contributed by atoms with Gasteiger partial charge in [-0.3, -0.25) is 4.79 Å². The highest BCUT2D eigenvalue weighted by Crippen LogP contribution is 2.30. The molecule has 1 fully saturated rings. The molecule has 0 spiro atoms. The van der Waals surface area contributed by atoms with Gasteiger partial charge in [0.2, 0.25) is 5.91 Å². The van der Waals surface area contributed by atoms with Gasteiger partial charge in [0.25, 0.3) is 0 Å². The van der Waals surface area contributed by atoms with Crippen molar-refractivity contribution in [2.75, 3.05) is 18.3 Å². The lowest BCUT2D eigenvalue weighted by Crippen LogP contribution is -2.36. The molecule has 0 N–H and O–H groups in total. The van der Waals surface area contributed by atoms with Gasteiger partial charge in [0.05, 0.1) is 13.7 Å². The third-order valence-corrected chi connectivity index (χ3v) is 7.48. The van der Waals surface area contributed by atoms with E-state index < -0.39 is 5.97 Å². The Balaban J connectivity index is 1.59. The number of thioether (sulfide) groups is 1. The van der Waals surface area contributed by atoms with Gasteiger partial charge in [-0.1, -0.05) is 67.8 Å². The summed E-state index contributed by atoms with van der Waals surface area (Å²) in [5.74, 6) is -0.165. The lowest BCUT2D eigenvalue weighted by Gasteiger charge is -2.30. The fourth-order valence-corrected chi connectivity index (χ4v) is 5.07. The number of esters is 1. The first-order valence-electron chi connectivity index (χ1n) is 12.5. The first-order chi connectivity index (χ1) is 17.6. The molecule has 0 atom stereocenters. The number of carbonyl (C=O) groups excluding carboxylic acids is 2. The Kier molecular flexibility index (Phi) is 9.01. The summed E-state index contributed by atoms with van der Waals surface area (Å²) in [6, 6.07) is 24.8. The molecular formula is C31H33NO3S. The van der Waals surface area contributed by atoms with Crippen LogP contribution >= 0.6 is 11.8 Å². The highest BCUT2D eigenvalue weighted by Gasteiger charge is 2.27. The molecule has 5 heteroatoms. The van der Waals surface area contributed by atoms with Crippen molar-refractivity contribution in [1.82, 2.24) is 0 Å². The van der Waals surface area contributed by atoms with Crippen molar-refractivity contribution in [3.8, 4) is 11.1 Å². The molecule has 0 heterocycles. The van der Waals surface area contributed by atoms with Crippen LogP contribution < -0.4 is 4.90 Å². The van der Waals surface area contributed by atoms with Crippen molar-refractivity contribution < 1.29 is 14.3 Å². The second kappa shape index (κ2) is 12.6. The van der Waals surface area contributed by atoms with Crippen LogP contribution in [0.2, 0.25) is 0 Å². The van der Waals surface area contributed by atoms with Crippen molar-refractivity contribution in [3.63, 3.8) is 0 Å². The van der Waals surface area contributed by atoms with E-state index in [-0.39, 0.29) is 11.8 Å². The lowest BCUT2D eigenvalue weighted by atomic mass is 9.88. The summed E-state index contributed by atoms with van der Waals surface area (Å²) in [6.07, 6.45) is 10.5. The molecule has 3 aromatic carbocycles. The van der Waals surface area contributed by atoms with Gasteiger partial charge in [-0.25, -0.2) is 4.79 Å². The second-order valence-corrected chi connectivity index (χ2v) is 10.0. The molecule has 1 amide bonds. The molecule has 3 aromatic rings. The first kappa shape index (κ1) is 25.8. The number of methoxy groups -OCH3 is 1. The fraction of sp³-hybridized carbons (Fsp3) is 0.290. The van der Waals surface area contributed by atoms with E-state index in [0.717, 1.165) is 48.1 Å². The summed E-state index contributed by atoms with van der Waals surface area (Å²) in [5, 5.41) is 0. The molecule has 1 aliphatic carbocycles. The Morgan fingerprint density at radius 2 is 1.61 bits per heavy atom. The van der Waals surface area contributed by atoms with Crippen LogP contribution in [-0.2, 0) is 20.9 Å². The average molecular weight is 500 g/mol. The quantitative estimate of drug-likeness (QED) is 0.184. The van der Waals surface area contributed by atoms with E-state index in [2.05, 4.69) is 54.8 Å². The van der Waals surface area contributed by atoms with Gasteiger partial charge in [0.15, 0.2) is 0 Å². The summed E-state index contributed by atoms with van der Waals surface area (Å²) in [5.41, 5.74) is 5.11. The van der Waals surface area contributed by atoms with Gasteiger partial charge in [-0.05, 0) is 71.7 Å². The zero-order valence-corrected chi connectivity index (χ0v) is 21.8. The summed E-state index contributed by atoms with van der Waals surface area (Å²) >= 11 is 1.74. The Labute approximate surface area is 218 Å². The van der Waals surface area contributed by atoms with Crippen LogP contribution in [0.4, 0.5) is 5.69 Å². The monoisotopic (exact) mass is 499 g/mol. The molecule has 186 valence electrons. The minimum absolute atomic E-state index is 0.0576. The minimum atomic E-state index is -0.404. The van der Waals surface area contributed by atoms with Crippen molar-refractivity contribution >= 4 is 35.4 Å². The van der Waals surface area contributed by atoms with Crippen LogP contribution in [-0.4, -0.2) is 25.2 Å². The molecule has 0 aromatic heterocycles. The van der Waals surface area contributed by atoms with Crippen LogP contribution in [0, 0.1) is 5.92 Å². The number of rotatable bonds is 8. The number of ether oxygens (including phenoxy) is 1. The maximum absolute atomic E-state index is 13.7. The number of benzene rings is 3. The maximum Gasteiger partial charge on any atom is 0.330 e. The number of hydrogen-bond acceptors (Lipinski definition) is 4. The molecule has 0 radical (unpaired) electrons. The summed E-state index contributed by atoms with van der Waals surface area (Å²) < 4.78 is 4.71. The van der Waals surface area contributed by atoms with Crippen LogP contribution in [0.3, 0.4) is 0 Å². The van der Waals surface area contributed by atoms with Gasteiger partial charge in [-0.2, -0.15) is 0 Å². The molecule has 0 bridgehead atoms. The van der Waals surface area contributed by atoms with Crippen LogP contribution in [0.5, 0.6) is 0 Å². The highest BCUT2D eigenvalue weighted by atomic mass is 32.2. The Morgan fingerprint density at radius 1 is 0.944 bits per heavy atom. The normalized spacial score (nSPS) is 14.1. The first-order valence-corrected chi connectivity index (χ1v) is 13.7. The second-order valence-electron chi connectivity index (χ2n) is 9.14. The lowest BCUT2D eigenvalue weighted by molar-refractivity contribution is -0.134. The predicted octanol–water partition coefficient (Wildman–Crippen LogP) is 7.38. The standard InChI is InChI=1S/C31H33NO3S/c1-35-30(33)20-13-23-7-6-10-28(21-23)32(31(34)27-8-4-3-5-9-27)22-24-11-14-25(15-12-24)26-16-18-29(36-2)19-17-26/h6-7,10-21,27H,3-5,8-9,22H2,1-2H3/b20-13+. The van der Waals surface area contributed by atoms with E-state index in [9.17, 15) is 9.59 Å². The topological polar surface area (TPSA) is 46.6 Å². The number of amides is 1. The number of nitrogens with zero attached hydrogens (tertiary/aromatic N) is 1. The van der Waals surface area contributed by atoms with E-state index in [4.69, 9.17) is 4.74 Å². The molecule has 4 rings (SSSR count). The van der Waals surface area contributed by atoms with Gasteiger partial charge in [0, 0.05) is 22.6 Å². The van der Waals surface area contributed by atoms with Crippen LogP contribution in [0.25, 0.3) is 17.2 Å². The molecule has 0 aliphatic heterocycles. The third kappa shape index (κ3) is 6.67. The van der Waals surface area contributed by atoms with Gasteiger partial charge >= 0.3 is 5.97 Å². The van der Waals surface area contributed by atoms with Gasteiger partial charge < -0.3 is 9.64 Å². The fourth-order valence-electron chi connectivity index (χ4n) is 4.66. The van der Waals surface area contributed by atoms with Crippen LogP contribution in [0.1, 0.15) is 43.2 Å². The van der Waals surface area contributed by atoms with E-state index in [1.807, 2.05) is 29.2 Å². The number of carbonyl (C=O) groups is 2. The summed E-state index contributed by atoms with van der Waals surface area (Å²) in [7, 11) is 1.36. The highest BCUT2D eigenvalue weighted by molar-refractivity contribution is 7.98. The molecule has 36 heavy (non-hydrogen) atoms. The number of hydrogen-bond donors (Lipinski definition) is 0. The SMILES string of the molecule is COC(=O)/C=C/c1cccc(N(Cc2ccc(-c3ccc(SC)cc3)cc2)C(=O)C2CCCCC2)c1. The predicted molar refractivity (Wildman–Crippen MR) is 149 cm³/mol. The molecule has 1 aliphatic rings. The molecule has 1 saturated carbocycles. The summed E-state index contributed by atoms with van der Waals surface area (Å²) in [4.78, 5) is 28.4. The molecule has 0 saturated heterocycles. The zero-order valence-electron chi connectivity index (χ0n) is 21.0. The third-order valence-electron chi connectivity index (χ3n) is 6.73. The van der Waals surface area contributed by atoms with Crippen molar-refractivity contribution in [2.45, 2.75) is 43.5 Å². The zero-order chi connectivity index (χ0) is 25.3. The average Bonchev–Trinajstić information content (AvgIpc) is 2.95. The molecule has 0 unspecified atom stereocenters.